The summed E-state index contributed by atoms with van der Waals surface area (Å²) in [6, 6.07) is 18.2. The number of aliphatic hydroxyl groups is 1. The van der Waals surface area contributed by atoms with E-state index in [1.54, 1.807) is 6.20 Å². The number of hydrogen-bond acceptors (Lipinski definition) is 2. The van der Waals surface area contributed by atoms with Crippen LogP contribution in [0, 0.1) is 13.8 Å². The van der Waals surface area contributed by atoms with Crippen LogP contribution >= 0.6 is 0 Å². The smallest absolute Gasteiger partial charge is 0.128 e. The number of benzene rings is 2. The molecule has 1 aromatic heterocycles. The first-order valence-corrected chi connectivity index (χ1v) is 7.84. The van der Waals surface area contributed by atoms with Crippen LogP contribution in [0.25, 0.3) is 0 Å². The van der Waals surface area contributed by atoms with Gasteiger partial charge in [0.05, 0.1) is 11.9 Å². The Morgan fingerprint density at radius 3 is 2.48 bits per heavy atom. The Bertz CT molecular complexity index is 804. The van der Waals surface area contributed by atoms with Crippen LogP contribution in [0.15, 0.2) is 60.8 Å². The highest BCUT2D eigenvalue weighted by Crippen LogP contribution is 2.30. The Morgan fingerprint density at radius 1 is 1.04 bits per heavy atom. The van der Waals surface area contributed by atoms with Crippen LogP contribution in [0.2, 0.25) is 0 Å². The highest BCUT2D eigenvalue weighted by Gasteiger charge is 2.30. The second kappa shape index (κ2) is 6.01. The summed E-state index contributed by atoms with van der Waals surface area (Å²) in [7, 11) is 0. The number of nitrogens with zero attached hydrogens (tertiary/aromatic N) is 2. The van der Waals surface area contributed by atoms with E-state index in [0.717, 1.165) is 22.6 Å². The van der Waals surface area contributed by atoms with Gasteiger partial charge >= 0.3 is 0 Å². The summed E-state index contributed by atoms with van der Waals surface area (Å²) in [5.41, 5.74) is 2.93. The van der Waals surface area contributed by atoms with Crippen LogP contribution in [0.1, 0.15) is 35.1 Å². The van der Waals surface area contributed by atoms with Crippen LogP contribution in [0.5, 0.6) is 0 Å². The fraction of sp³-hybridized carbons (Fsp3) is 0.250. The molecule has 1 atom stereocenters. The Morgan fingerprint density at radius 2 is 1.78 bits per heavy atom. The minimum Gasteiger partial charge on any atom is -0.379 e. The summed E-state index contributed by atoms with van der Waals surface area (Å²) in [5, 5.41) is 11.2. The van der Waals surface area contributed by atoms with Gasteiger partial charge in [0.15, 0.2) is 0 Å². The summed E-state index contributed by atoms with van der Waals surface area (Å²) >= 11 is 0. The third kappa shape index (κ3) is 3.06. The lowest BCUT2D eigenvalue weighted by atomic mass is 9.91. The van der Waals surface area contributed by atoms with E-state index in [1.165, 1.54) is 5.56 Å². The molecular weight excluding hydrogens is 284 g/mol. The predicted octanol–water partition coefficient (Wildman–Crippen LogP) is 3.80. The molecule has 3 rings (SSSR count). The monoisotopic (exact) mass is 306 g/mol. The van der Waals surface area contributed by atoms with Crippen LogP contribution in [-0.4, -0.2) is 14.7 Å². The molecule has 0 unspecified atom stereocenters. The molecule has 23 heavy (non-hydrogen) atoms. The van der Waals surface area contributed by atoms with E-state index in [4.69, 9.17) is 0 Å². The number of rotatable bonds is 4. The van der Waals surface area contributed by atoms with Gasteiger partial charge < -0.3 is 9.67 Å². The fourth-order valence-corrected chi connectivity index (χ4v) is 2.92. The molecule has 0 spiro atoms. The quantitative estimate of drug-likeness (QED) is 0.796. The van der Waals surface area contributed by atoms with Crippen LogP contribution < -0.4 is 0 Å². The van der Waals surface area contributed by atoms with E-state index in [0.29, 0.717) is 6.54 Å². The third-order valence-electron chi connectivity index (χ3n) is 4.32. The molecule has 3 heteroatoms. The minimum absolute atomic E-state index is 0.698. The van der Waals surface area contributed by atoms with Gasteiger partial charge in [-0.25, -0.2) is 4.98 Å². The first kappa shape index (κ1) is 15.5. The maximum atomic E-state index is 11.2. The van der Waals surface area contributed by atoms with Gasteiger partial charge in [0.2, 0.25) is 0 Å². The molecule has 0 saturated carbocycles. The van der Waals surface area contributed by atoms with Crippen molar-refractivity contribution in [2.45, 2.75) is 32.9 Å². The Balaban J connectivity index is 2.03. The summed E-state index contributed by atoms with van der Waals surface area (Å²) in [4.78, 5) is 4.43. The molecule has 0 amide bonds. The van der Waals surface area contributed by atoms with Crippen molar-refractivity contribution in [1.29, 1.82) is 0 Å². The van der Waals surface area contributed by atoms with Gasteiger partial charge in [-0.2, -0.15) is 0 Å². The van der Waals surface area contributed by atoms with Crippen molar-refractivity contribution in [2.24, 2.45) is 0 Å². The minimum atomic E-state index is -1.08. The van der Waals surface area contributed by atoms with Crippen molar-refractivity contribution in [3.63, 3.8) is 0 Å². The largest absolute Gasteiger partial charge is 0.379 e. The van der Waals surface area contributed by atoms with E-state index < -0.39 is 5.60 Å². The Hall–Kier alpha value is -2.39. The van der Waals surface area contributed by atoms with E-state index in [-0.39, 0.29) is 0 Å². The van der Waals surface area contributed by atoms with Crippen molar-refractivity contribution in [3.05, 3.63) is 89.0 Å². The zero-order chi connectivity index (χ0) is 16.4. The molecule has 0 aliphatic rings. The average molecular weight is 306 g/mol. The molecule has 1 heterocycles. The third-order valence-corrected chi connectivity index (χ3v) is 4.32. The second-order valence-electron chi connectivity index (χ2n) is 6.20. The van der Waals surface area contributed by atoms with E-state index in [9.17, 15) is 5.11 Å². The van der Waals surface area contributed by atoms with E-state index in [1.807, 2.05) is 63.2 Å². The molecule has 1 N–H and O–H groups in total. The fourth-order valence-electron chi connectivity index (χ4n) is 2.92. The van der Waals surface area contributed by atoms with Gasteiger partial charge in [0.1, 0.15) is 11.4 Å². The summed E-state index contributed by atoms with van der Waals surface area (Å²) in [5.74, 6) is 0.900. The number of aryl methyl sites for hydroxylation is 2. The molecule has 0 radical (unpaired) electrons. The molecule has 0 bridgehead atoms. The van der Waals surface area contributed by atoms with Gasteiger partial charge in [0.25, 0.3) is 0 Å². The van der Waals surface area contributed by atoms with Crippen LogP contribution in [-0.2, 0) is 12.1 Å². The average Bonchev–Trinajstić information content (AvgIpc) is 2.90. The number of aromatic nitrogens is 2. The van der Waals surface area contributed by atoms with E-state index in [2.05, 4.69) is 21.7 Å². The van der Waals surface area contributed by atoms with E-state index >= 15 is 0 Å². The molecule has 2 aromatic carbocycles. The van der Waals surface area contributed by atoms with Crippen molar-refractivity contribution >= 4 is 0 Å². The predicted molar refractivity (Wildman–Crippen MR) is 92.4 cm³/mol. The maximum absolute atomic E-state index is 11.2. The Kier molecular flexibility index (Phi) is 4.05. The summed E-state index contributed by atoms with van der Waals surface area (Å²) < 4.78 is 2.08. The van der Waals surface area contributed by atoms with Crippen LogP contribution in [0.3, 0.4) is 0 Å². The first-order chi connectivity index (χ1) is 11.0. The highest BCUT2D eigenvalue weighted by atomic mass is 16.3. The van der Waals surface area contributed by atoms with Gasteiger partial charge in [-0.3, -0.25) is 0 Å². The molecular formula is C20H22N2O. The van der Waals surface area contributed by atoms with Gasteiger partial charge in [-0.1, -0.05) is 60.2 Å². The first-order valence-electron chi connectivity index (χ1n) is 7.84. The molecule has 0 aliphatic carbocycles. The standard InChI is InChI=1S/C20H22N2O/c1-15-8-7-11-18(12-15)20(3,23)19-13-21-16(2)22(19)14-17-9-5-4-6-10-17/h4-13,23H,14H2,1-3H3/t20-/m1/s1. The number of imidazole rings is 1. The van der Waals surface area contributed by atoms with Gasteiger partial charge in [-0.05, 0) is 31.9 Å². The SMILES string of the molecule is Cc1cccc([C@@](C)(O)c2cnc(C)n2Cc2ccccc2)c1. The van der Waals surface area contributed by atoms with Gasteiger partial charge in [-0.15, -0.1) is 0 Å². The van der Waals surface area contributed by atoms with Crippen molar-refractivity contribution in [3.8, 4) is 0 Å². The lowest BCUT2D eigenvalue weighted by molar-refractivity contribution is 0.0932. The van der Waals surface area contributed by atoms with Crippen molar-refractivity contribution < 1.29 is 5.11 Å². The lowest BCUT2D eigenvalue weighted by Gasteiger charge is -2.26. The summed E-state index contributed by atoms with van der Waals surface area (Å²) in [6.45, 7) is 6.54. The molecule has 0 aliphatic heterocycles. The zero-order valence-corrected chi connectivity index (χ0v) is 13.8. The lowest BCUT2D eigenvalue weighted by Crippen LogP contribution is -2.27. The number of hydrogen-bond donors (Lipinski definition) is 1. The normalized spacial score (nSPS) is 13.7. The maximum Gasteiger partial charge on any atom is 0.128 e. The molecule has 118 valence electrons. The molecule has 0 saturated heterocycles. The zero-order valence-electron chi connectivity index (χ0n) is 13.8. The molecule has 3 nitrogen and oxygen atoms in total. The highest BCUT2D eigenvalue weighted by molar-refractivity contribution is 5.34. The molecule has 0 fully saturated rings. The summed E-state index contributed by atoms with van der Waals surface area (Å²) in [6.07, 6.45) is 1.78. The molecule has 3 aromatic rings. The Labute approximate surface area is 137 Å². The second-order valence-corrected chi connectivity index (χ2v) is 6.20. The van der Waals surface area contributed by atoms with Gasteiger partial charge in [0, 0.05) is 6.54 Å². The van der Waals surface area contributed by atoms with Crippen LogP contribution in [0.4, 0.5) is 0 Å². The topological polar surface area (TPSA) is 38.1 Å². The van der Waals surface area contributed by atoms with Crippen molar-refractivity contribution in [2.75, 3.05) is 0 Å². The van der Waals surface area contributed by atoms with Crippen molar-refractivity contribution in [1.82, 2.24) is 9.55 Å².